The van der Waals surface area contributed by atoms with Crippen LogP contribution in [-0.2, 0) is 19.2 Å². The van der Waals surface area contributed by atoms with Gasteiger partial charge in [0.05, 0.1) is 21.1 Å². The summed E-state index contributed by atoms with van der Waals surface area (Å²) in [5.41, 5.74) is 5.23. The molecule has 616 valence electrons. The van der Waals surface area contributed by atoms with E-state index in [1.54, 1.807) is 68.4 Å². The second-order valence-corrected chi connectivity index (χ2v) is 30.5. The van der Waals surface area contributed by atoms with Crippen LogP contribution in [0, 0.1) is 17.5 Å². The molecular weight excluding hydrogens is 1640 g/mol. The molecule has 4 aromatic heterocycles. The molecule has 4 amide bonds. The van der Waals surface area contributed by atoms with Gasteiger partial charge in [-0.05, 0) is 118 Å². The van der Waals surface area contributed by atoms with Gasteiger partial charge in [-0.25, -0.2) is 53.0 Å². The number of piperazine rings is 4. The minimum absolute atomic E-state index is 0.0228. The van der Waals surface area contributed by atoms with Gasteiger partial charge >= 0.3 is 0 Å². The number of carbonyl (C=O) groups excluding carboxylic acids is 4. The molecule has 0 saturated carbocycles. The number of phenols is 3. The van der Waals surface area contributed by atoms with E-state index in [1.807, 2.05) is 101 Å². The van der Waals surface area contributed by atoms with E-state index in [0.717, 1.165) is 66.1 Å². The normalized spacial score (nSPS) is 14.2. The number of hydrogen-bond acceptors (Lipinski definition) is 19. The summed E-state index contributed by atoms with van der Waals surface area (Å²) in [7, 11) is 0. The van der Waals surface area contributed by atoms with Gasteiger partial charge in [-0.2, -0.15) is 0 Å². The Morgan fingerprint density at radius 2 is 0.689 bits per heavy atom. The first-order valence-electron chi connectivity index (χ1n) is 38.9. The lowest BCUT2D eigenvalue weighted by Crippen LogP contribution is -2.48. The molecule has 0 bridgehead atoms. The van der Waals surface area contributed by atoms with Crippen LogP contribution in [-0.4, -0.2) is 203 Å². The highest BCUT2D eigenvalue weighted by Crippen LogP contribution is 2.46. The first-order valence-corrected chi connectivity index (χ1v) is 40.4. The van der Waals surface area contributed by atoms with Gasteiger partial charge in [-0.1, -0.05) is 164 Å². The van der Waals surface area contributed by atoms with E-state index in [9.17, 15) is 38.9 Å². The summed E-state index contributed by atoms with van der Waals surface area (Å²) < 4.78 is 45.5. The van der Waals surface area contributed by atoms with Crippen molar-refractivity contribution in [1.82, 2.24) is 59.5 Å². The van der Waals surface area contributed by atoms with Crippen LogP contribution in [0.3, 0.4) is 0 Å². The number of aromatic hydroxyl groups is 3. The van der Waals surface area contributed by atoms with E-state index >= 15 is 8.78 Å². The smallest absolute Gasteiger partial charge is 0.246 e. The zero-order valence-corrected chi connectivity index (χ0v) is 68.6. The summed E-state index contributed by atoms with van der Waals surface area (Å²) in [4.78, 5) is 97.4. The predicted molar refractivity (Wildman–Crippen MR) is 476 cm³/mol. The van der Waals surface area contributed by atoms with Crippen LogP contribution in [0.15, 0.2) is 234 Å². The topological polar surface area (TPSA) is 258 Å². The summed E-state index contributed by atoms with van der Waals surface area (Å²) in [5, 5.41) is 38.5. The number of hydrogen-bond donors (Lipinski definition) is 3. The van der Waals surface area contributed by atoms with Crippen molar-refractivity contribution in [2.24, 2.45) is 0 Å². The number of phenolic OH excluding ortho intramolecular Hbond substituents is 3. The minimum atomic E-state index is -0.693. The molecule has 0 unspecified atom stereocenters. The van der Waals surface area contributed by atoms with Gasteiger partial charge in [0.1, 0.15) is 82.7 Å². The second-order valence-electron chi connectivity index (χ2n) is 28.8. The molecule has 4 fully saturated rings. The number of rotatable bonds is 12. The second kappa shape index (κ2) is 36.6. The van der Waals surface area contributed by atoms with Crippen molar-refractivity contribution in [2.75, 3.05) is 124 Å². The van der Waals surface area contributed by atoms with Crippen LogP contribution in [0.2, 0.25) is 20.1 Å². The van der Waals surface area contributed by atoms with Gasteiger partial charge in [-0.3, -0.25) is 19.2 Å². The zero-order valence-electron chi connectivity index (χ0n) is 65.5. The van der Waals surface area contributed by atoms with E-state index in [-0.39, 0.29) is 78.6 Å². The number of fused-ring (bicyclic) bond motifs is 6. The fourth-order valence-electron chi connectivity index (χ4n) is 15.7. The van der Waals surface area contributed by atoms with Gasteiger partial charge in [0.15, 0.2) is 11.6 Å². The number of amides is 4. The van der Waals surface area contributed by atoms with Crippen molar-refractivity contribution in [2.45, 2.75) is 0 Å². The van der Waals surface area contributed by atoms with Crippen molar-refractivity contribution in [3.05, 3.63) is 271 Å². The molecule has 23 nitrogen and oxygen atoms in total. The Bertz CT molecular complexity index is 6500. The van der Waals surface area contributed by atoms with Crippen LogP contribution in [0.1, 0.15) is 0 Å². The molecule has 0 atom stereocenters. The number of carbonyl (C=O) groups is 4. The molecule has 18 rings (SSSR count). The maximum Gasteiger partial charge on any atom is 0.246 e. The quantitative estimate of drug-likeness (QED) is 0.0960. The van der Waals surface area contributed by atoms with Gasteiger partial charge in [-0.15, -0.1) is 0 Å². The third-order valence-corrected chi connectivity index (χ3v) is 23.1. The standard InChI is InChI=1S/C25H20ClFN4O2.C25H21ClN4O2.C21H17ClF2N4O.C21H19ClN4O2/c1-2-21(33)30-7-9-31(10-8-30)25-19-13-20(26)22(23(27)24(19)28-14-29-25)18-12-16(32)11-15-5-3-4-6-17(15)18;1-2-23(32)29-9-11-30(12-10-29)25-19-13-20(26)18(14-21(19)27-15-28-25)24-17-6-4-3-5-16(17)7-8-22(24)31;1-2-17(29)27-7-9-28(10-8-27)21-14-11-15(22)18(13-5-3-4-6-16(13)23)19(24)20(14)25-12-26-21;1-2-20(28)25-7-9-26(10-8-25)21-16-11-17(22)15(12-18(16)23-13-24-21)14-5-3-4-6-19(14)27/h2-6,11-14,32H,1,7-10H2;2-8,13-15,31H,1,9-12H2;2-6,11-12H,1,7-10H2;2-6,11-13,27H,1,7-10H2. The molecule has 10 aromatic carbocycles. The summed E-state index contributed by atoms with van der Waals surface area (Å²) in [6.45, 7) is 23.4. The van der Waals surface area contributed by atoms with E-state index in [1.165, 1.54) is 67.6 Å². The van der Waals surface area contributed by atoms with Gasteiger partial charge in [0.25, 0.3) is 0 Å². The van der Waals surface area contributed by atoms with E-state index in [0.29, 0.717) is 154 Å². The molecule has 14 aromatic rings. The number of halogens is 7. The van der Waals surface area contributed by atoms with Crippen LogP contribution in [0.25, 0.3) is 110 Å². The molecule has 30 heteroatoms. The van der Waals surface area contributed by atoms with Crippen molar-refractivity contribution in [3.63, 3.8) is 0 Å². The van der Waals surface area contributed by atoms with Crippen LogP contribution < -0.4 is 19.6 Å². The van der Waals surface area contributed by atoms with Crippen LogP contribution in [0.5, 0.6) is 17.2 Å². The van der Waals surface area contributed by atoms with Gasteiger partial charge in [0, 0.05) is 175 Å². The van der Waals surface area contributed by atoms with Crippen molar-refractivity contribution < 1.29 is 47.7 Å². The average molecular weight is 1720 g/mol. The Morgan fingerprint density at radius 3 is 1.14 bits per heavy atom. The molecule has 0 spiro atoms. The SMILES string of the molecule is C=CC(=O)N1CCN(c2ncnc3c(F)c(-c4cc(O)cc5ccccc45)c(Cl)cc23)CC1.C=CC(=O)N1CCN(c2ncnc3c(F)c(-c4ccccc4F)c(Cl)cc23)CC1.C=CC(=O)N1CCN(c2ncnc3cc(-c4c(O)ccc5ccccc45)c(Cl)cc23)CC1.C=CC(=O)N1CCN(c2ncnc3cc(-c4ccccc4O)c(Cl)cc23)CC1. The summed E-state index contributed by atoms with van der Waals surface area (Å²) in [5.74, 6) is 0.863. The zero-order chi connectivity index (χ0) is 85.6. The molecule has 3 N–H and O–H groups in total. The van der Waals surface area contributed by atoms with E-state index < -0.39 is 17.5 Å². The highest BCUT2D eigenvalue weighted by atomic mass is 35.5. The van der Waals surface area contributed by atoms with Gasteiger partial charge < -0.3 is 54.5 Å². The maximum absolute atomic E-state index is 15.9. The maximum atomic E-state index is 15.9. The Kier molecular flexibility index (Phi) is 25.1. The lowest BCUT2D eigenvalue weighted by molar-refractivity contribution is -0.127. The van der Waals surface area contributed by atoms with Crippen molar-refractivity contribution in [1.29, 1.82) is 0 Å². The highest BCUT2D eigenvalue weighted by Gasteiger charge is 2.31. The number of anilines is 4. The average Bonchev–Trinajstić information content (AvgIpc) is 0.754. The van der Waals surface area contributed by atoms with E-state index in [2.05, 4.69) is 76.0 Å². The Balaban J connectivity index is 0.000000127. The number of aromatic nitrogens is 8. The third-order valence-electron chi connectivity index (χ3n) is 21.9. The first-order chi connectivity index (χ1) is 59.1. The first kappa shape index (κ1) is 83.5. The lowest BCUT2D eigenvalue weighted by Gasteiger charge is -2.35. The molecule has 4 saturated heterocycles. The molecule has 0 radical (unpaired) electrons. The Labute approximate surface area is 718 Å². The van der Waals surface area contributed by atoms with Crippen molar-refractivity contribution in [3.8, 4) is 61.8 Å². The monoisotopic (exact) mass is 1710 g/mol. The molecule has 8 heterocycles. The van der Waals surface area contributed by atoms with Crippen molar-refractivity contribution >= 4 is 158 Å². The molecule has 4 aliphatic rings. The largest absolute Gasteiger partial charge is 0.508 e. The van der Waals surface area contributed by atoms with Crippen LogP contribution in [0.4, 0.5) is 36.4 Å². The Morgan fingerprint density at radius 1 is 0.320 bits per heavy atom. The fraction of sp³-hybridized carbons (Fsp3) is 0.174. The minimum Gasteiger partial charge on any atom is -0.508 e. The number of benzene rings is 10. The number of para-hydroxylation sites is 1. The lowest BCUT2D eigenvalue weighted by atomic mass is 9.96. The predicted octanol–water partition coefficient (Wildman–Crippen LogP) is 17.0. The van der Waals surface area contributed by atoms with E-state index in [4.69, 9.17) is 46.4 Å². The fourth-order valence-corrected chi connectivity index (χ4v) is 16.9. The molecule has 4 aliphatic heterocycles. The molecular formula is C92H77Cl4F3N16O7. The summed E-state index contributed by atoms with van der Waals surface area (Å²) >= 11 is 26.3. The Hall–Kier alpha value is -13.5. The molecule has 0 aliphatic carbocycles. The van der Waals surface area contributed by atoms with Crippen LogP contribution >= 0.6 is 46.4 Å². The number of nitrogens with zero attached hydrogens (tertiary/aromatic N) is 16. The third kappa shape index (κ3) is 17.1. The molecule has 122 heavy (non-hydrogen) atoms. The summed E-state index contributed by atoms with van der Waals surface area (Å²) in [6.07, 6.45) is 11.0. The highest BCUT2D eigenvalue weighted by molar-refractivity contribution is 6.36. The van der Waals surface area contributed by atoms with Gasteiger partial charge in [0.2, 0.25) is 23.6 Å². The summed E-state index contributed by atoms with van der Waals surface area (Å²) in [6, 6.07) is 45.7.